The van der Waals surface area contributed by atoms with Gasteiger partial charge in [-0.25, -0.2) is 4.98 Å². The molecule has 0 spiro atoms. The third-order valence-electron chi connectivity index (χ3n) is 6.44. The monoisotopic (exact) mass is 409 g/mol. The van der Waals surface area contributed by atoms with Crippen LogP contribution in [0, 0.1) is 0 Å². The summed E-state index contributed by atoms with van der Waals surface area (Å²) in [5.74, 6) is 1.73. The molecule has 29 heavy (non-hydrogen) atoms. The number of para-hydroxylation sites is 1. The maximum atomic E-state index is 13.8. The fraction of sp³-hybridized carbons (Fsp3) is 0.478. The summed E-state index contributed by atoms with van der Waals surface area (Å²) in [6.07, 6.45) is 5.87. The average Bonchev–Trinajstić information content (AvgIpc) is 3.30. The van der Waals surface area contributed by atoms with Crippen LogP contribution in [0.2, 0.25) is 0 Å². The molecule has 6 heteroatoms. The average molecular weight is 410 g/mol. The first kappa shape index (κ1) is 18.8. The van der Waals surface area contributed by atoms with E-state index in [1.807, 2.05) is 22.8 Å². The van der Waals surface area contributed by atoms with E-state index in [-0.39, 0.29) is 11.6 Å². The van der Waals surface area contributed by atoms with Crippen molar-refractivity contribution in [3.63, 3.8) is 0 Å². The Hall–Kier alpha value is -2.18. The Labute approximate surface area is 174 Å². The molecule has 0 saturated carbocycles. The smallest absolute Gasteiger partial charge is 0.262 e. The number of rotatable bonds is 4. The van der Waals surface area contributed by atoms with Crippen LogP contribution in [-0.2, 0) is 19.3 Å². The Balaban J connectivity index is 1.67. The minimum Gasteiger partial charge on any atom is -0.496 e. The number of hydrogen-bond donors (Lipinski definition) is 0. The molecule has 1 aromatic carbocycles. The highest BCUT2D eigenvalue weighted by Gasteiger charge is 2.27. The van der Waals surface area contributed by atoms with Crippen LogP contribution in [0.4, 0.5) is 0 Å². The summed E-state index contributed by atoms with van der Waals surface area (Å²) in [4.78, 5) is 23.5. The summed E-state index contributed by atoms with van der Waals surface area (Å²) in [6.45, 7) is 2.04. The van der Waals surface area contributed by atoms with Crippen LogP contribution in [0.15, 0.2) is 29.1 Å². The van der Waals surface area contributed by atoms with Crippen molar-refractivity contribution in [2.45, 2.75) is 44.6 Å². The molecule has 0 radical (unpaired) electrons. The first-order valence-corrected chi connectivity index (χ1v) is 11.3. The molecule has 0 unspecified atom stereocenters. The van der Waals surface area contributed by atoms with Gasteiger partial charge in [0.2, 0.25) is 0 Å². The molecular weight excluding hydrogens is 382 g/mol. The second-order valence-electron chi connectivity index (χ2n) is 8.26. The molecule has 1 aliphatic heterocycles. The Morgan fingerprint density at radius 1 is 1.21 bits per heavy atom. The van der Waals surface area contributed by atoms with E-state index in [2.05, 4.69) is 18.0 Å². The van der Waals surface area contributed by atoms with Crippen molar-refractivity contribution in [3.8, 4) is 5.75 Å². The number of benzene rings is 1. The summed E-state index contributed by atoms with van der Waals surface area (Å²) in [7, 11) is 3.85. The molecule has 152 valence electrons. The molecule has 3 heterocycles. The van der Waals surface area contributed by atoms with E-state index in [0.29, 0.717) is 6.42 Å². The number of likely N-dealkylation sites (tertiary alicyclic amines) is 1. The number of methoxy groups -OCH3 is 1. The number of aryl methyl sites for hydroxylation is 2. The van der Waals surface area contributed by atoms with Gasteiger partial charge in [0.1, 0.15) is 16.4 Å². The molecule has 1 aliphatic carbocycles. The Kier molecular flexibility index (Phi) is 4.92. The van der Waals surface area contributed by atoms with Crippen LogP contribution >= 0.6 is 11.3 Å². The molecule has 0 N–H and O–H groups in total. The number of aromatic nitrogens is 2. The molecule has 5 rings (SSSR count). The first-order chi connectivity index (χ1) is 14.2. The lowest BCUT2D eigenvalue weighted by Crippen LogP contribution is -2.37. The topological polar surface area (TPSA) is 47.4 Å². The molecule has 3 aromatic rings. The van der Waals surface area contributed by atoms with Gasteiger partial charge in [-0.1, -0.05) is 18.2 Å². The summed E-state index contributed by atoms with van der Waals surface area (Å²) in [6, 6.07) is 8.27. The van der Waals surface area contributed by atoms with E-state index >= 15 is 0 Å². The predicted molar refractivity (Wildman–Crippen MR) is 117 cm³/mol. The Bertz CT molecular complexity index is 1110. The van der Waals surface area contributed by atoms with Crippen molar-refractivity contribution in [2.24, 2.45) is 0 Å². The van der Waals surface area contributed by atoms with Gasteiger partial charge < -0.3 is 9.64 Å². The second kappa shape index (κ2) is 7.58. The van der Waals surface area contributed by atoms with E-state index in [0.717, 1.165) is 72.5 Å². The zero-order valence-electron chi connectivity index (χ0n) is 17.1. The standard InChI is InChI=1S/C23H27N3O2S/c1-25-12-10-16(11-13-25)26-20(14-15-6-3-4-8-18(15)28-2)24-22-21(23(26)27)17-7-5-9-19(17)29-22/h3-4,6,8,16H,5,7,9-14H2,1-2H3. The molecule has 0 atom stereocenters. The van der Waals surface area contributed by atoms with Gasteiger partial charge in [0, 0.05) is 22.9 Å². The van der Waals surface area contributed by atoms with Gasteiger partial charge in [0.15, 0.2) is 0 Å². The van der Waals surface area contributed by atoms with E-state index in [9.17, 15) is 4.79 Å². The number of nitrogens with zero attached hydrogens (tertiary/aromatic N) is 3. The van der Waals surface area contributed by atoms with E-state index in [1.165, 1.54) is 10.4 Å². The second-order valence-corrected chi connectivity index (χ2v) is 9.35. The van der Waals surface area contributed by atoms with Gasteiger partial charge in [0.05, 0.1) is 12.5 Å². The van der Waals surface area contributed by atoms with Crippen molar-refractivity contribution in [2.75, 3.05) is 27.2 Å². The SMILES string of the molecule is COc1ccccc1Cc1nc2sc3c(c2c(=O)n1C1CCN(C)CC1)CCC3. The number of hydrogen-bond acceptors (Lipinski definition) is 5. The van der Waals surface area contributed by atoms with Crippen LogP contribution in [0.1, 0.15) is 47.1 Å². The molecule has 1 saturated heterocycles. The van der Waals surface area contributed by atoms with Gasteiger partial charge in [-0.15, -0.1) is 11.3 Å². The fourth-order valence-corrected chi connectivity index (χ4v) is 6.14. The van der Waals surface area contributed by atoms with Gasteiger partial charge in [-0.2, -0.15) is 0 Å². The first-order valence-electron chi connectivity index (χ1n) is 10.5. The normalized spacial score (nSPS) is 17.7. The molecule has 5 nitrogen and oxygen atoms in total. The maximum absolute atomic E-state index is 13.8. The van der Waals surface area contributed by atoms with E-state index < -0.39 is 0 Å². The molecule has 1 fully saturated rings. The summed E-state index contributed by atoms with van der Waals surface area (Å²) >= 11 is 1.73. The molecule has 2 aromatic heterocycles. The van der Waals surface area contributed by atoms with Gasteiger partial charge in [-0.05, 0) is 63.9 Å². The molecule has 2 aliphatic rings. The molecule has 0 amide bonds. The molecule has 0 bridgehead atoms. The van der Waals surface area contributed by atoms with Crippen LogP contribution in [-0.4, -0.2) is 41.7 Å². The van der Waals surface area contributed by atoms with Crippen molar-refractivity contribution in [1.82, 2.24) is 14.5 Å². The van der Waals surface area contributed by atoms with Crippen LogP contribution in [0.3, 0.4) is 0 Å². The molecular formula is C23H27N3O2S. The zero-order chi connectivity index (χ0) is 20.0. The predicted octanol–water partition coefficient (Wildman–Crippen LogP) is 3.81. The highest BCUT2D eigenvalue weighted by atomic mass is 32.1. The maximum Gasteiger partial charge on any atom is 0.262 e. The highest BCUT2D eigenvalue weighted by Crippen LogP contribution is 2.36. The van der Waals surface area contributed by atoms with Gasteiger partial charge in [-0.3, -0.25) is 9.36 Å². The minimum absolute atomic E-state index is 0.175. The Morgan fingerprint density at radius 2 is 2.00 bits per heavy atom. The van der Waals surface area contributed by atoms with Crippen LogP contribution < -0.4 is 10.3 Å². The quantitative estimate of drug-likeness (QED) is 0.657. The van der Waals surface area contributed by atoms with E-state index in [1.54, 1.807) is 18.4 Å². The Morgan fingerprint density at radius 3 is 2.79 bits per heavy atom. The zero-order valence-corrected chi connectivity index (χ0v) is 17.9. The van der Waals surface area contributed by atoms with Gasteiger partial charge >= 0.3 is 0 Å². The number of thiophene rings is 1. The number of ether oxygens (including phenoxy) is 1. The largest absolute Gasteiger partial charge is 0.496 e. The van der Waals surface area contributed by atoms with Crippen LogP contribution in [0.25, 0.3) is 10.2 Å². The minimum atomic E-state index is 0.175. The lowest BCUT2D eigenvalue weighted by atomic mass is 10.0. The highest BCUT2D eigenvalue weighted by molar-refractivity contribution is 7.18. The van der Waals surface area contributed by atoms with Gasteiger partial charge in [0.25, 0.3) is 5.56 Å². The van der Waals surface area contributed by atoms with Crippen molar-refractivity contribution in [3.05, 3.63) is 56.4 Å². The summed E-state index contributed by atoms with van der Waals surface area (Å²) < 4.78 is 7.60. The van der Waals surface area contributed by atoms with E-state index in [4.69, 9.17) is 9.72 Å². The van der Waals surface area contributed by atoms with Crippen LogP contribution in [0.5, 0.6) is 5.75 Å². The summed E-state index contributed by atoms with van der Waals surface area (Å²) in [5, 5.41) is 0.894. The number of fused-ring (bicyclic) bond motifs is 3. The van der Waals surface area contributed by atoms with Crippen molar-refractivity contribution >= 4 is 21.6 Å². The van der Waals surface area contributed by atoms with Crippen molar-refractivity contribution < 1.29 is 4.74 Å². The lowest BCUT2D eigenvalue weighted by molar-refractivity contribution is 0.216. The fourth-order valence-electron chi connectivity index (χ4n) is 4.87. The lowest BCUT2D eigenvalue weighted by Gasteiger charge is -2.31. The third-order valence-corrected chi connectivity index (χ3v) is 7.62. The number of piperidine rings is 1. The third kappa shape index (κ3) is 3.28. The van der Waals surface area contributed by atoms with Crippen molar-refractivity contribution in [1.29, 1.82) is 0 Å². The summed E-state index contributed by atoms with van der Waals surface area (Å²) in [5.41, 5.74) is 2.52.